The maximum absolute atomic E-state index is 11.2. The molecule has 0 saturated heterocycles. The molecule has 0 spiro atoms. The Hall–Kier alpha value is -0.610. The van der Waals surface area contributed by atoms with Gasteiger partial charge in [0.2, 0.25) is 5.91 Å². The molecule has 0 aromatic rings. The molecule has 0 bridgehead atoms. The van der Waals surface area contributed by atoms with Gasteiger partial charge < -0.3 is 15.7 Å². The lowest BCUT2D eigenvalue weighted by atomic mass is 10.2. The van der Waals surface area contributed by atoms with Crippen molar-refractivity contribution in [1.29, 1.82) is 0 Å². The standard InChI is InChI=1S/C11H24N2O2/c1-4-10(14)5-6-12-8-11(15)13-7-9(2)3/h9-10,12,14H,4-8H2,1-3H3,(H,13,15). The minimum Gasteiger partial charge on any atom is -0.393 e. The van der Waals surface area contributed by atoms with E-state index in [4.69, 9.17) is 0 Å². The number of rotatable bonds is 8. The normalized spacial score (nSPS) is 12.9. The number of carbonyl (C=O) groups excluding carboxylic acids is 1. The summed E-state index contributed by atoms with van der Waals surface area (Å²) in [6, 6.07) is 0. The molecule has 4 nitrogen and oxygen atoms in total. The Morgan fingerprint density at radius 3 is 2.60 bits per heavy atom. The second kappa shape index (κ2) is 8.68. The molecule has 90 valence electrons. The van der Waals surface area contributed by atoms with E-state index in [-0.39, 0.29) is 12.0 Å². The molecule has 0 aliphatic rings. The van der Waals surface area contributed by atoms with Crippen molar-refractivity contribution in [1.82, 2.24) is 10.6 Å². The minimum absolute atomic E-state index is 0.0229. The van der Waals surface area contributed by atoms with Crippen molar-refractivity contribution in [2.24, 2.45) is 5.92 Å². The predicted octanol–water partition coefficient (Wildman–Crippen LogP) is 0.509. The van der Waals surface area contributed by atoms with E-state index >= 15 is 0 Å². The number of nitrogens with one attached hydrogen (secondary N) is 2. The summed E-state index contributed by atoms with van der Waals surface area (Å²) in [6.45, 7) is 7.81. The van der Waals surface area contributed by atoms with E-state index in [0.717, 1.165) is 13.0 Å². The van der Waals surface area contributed by atoms with Crippen molar-refractivity contribution in [2.75, 3.05) is 19.6 Å². The lowest BCUT2D eigenvalue weighted by molar-refractivity contribution is -0.120. The number of aliphatic hydroxyl groups is 1. The highest BCUT2D eigenvalue weighted by molar-refractivity contribution is 5.77. The Bertz CT molecular complexity index is 172. The van der Waals surface area contributed by atoms with Gasteiger partial charge in [-0.25, -0.2) is 0 Å². The lowest BCUT2D eigenvalue weighted by Crippen LogP contribution is -2.36. The second-order valence-corrected chi connectivity index (χ2v) is 4.23. The Labute approximate surface area is 92.4 Å². The zero-order valence-electron chi connectivity index (χ0n) is 10.0. The van der Waals surface area contributed by atoms with Crippen LogP contribution in [-0.4, -0.2) is 36.8 Å². The first-order valence-corrected chi connectivity index (χ1v) is 5.71. The van der Waals surface area contributed by atoms with Crippen LogP contribution >= 0.6 is 0 Å². The molecule has 4 heteroatoms. The predicted molar refractivity (Wildman–Crippen MR) is 61.6 cm³/mol. The van der Waals surface area contributed by atoms with E-state index in [2.05, 4.69) is 24.5 Å². The van der Waals surface area contributed by atoms with Crippen LogP contribution in [0.3, 0.4) is 0 Å². The van der Waals surface area contributed by atoms with Gasteiger partial charge >= 0.3 is 0 Å². The van der Waals surface area contributed by atoms with Crippen LogP contribution < -0.4 is 10.6 Å². The topological polar surface area (TPSA) is 61.4 Å². The van der Waals surface area contributed by atoms with Gasteiger partial charge in [-0.15, -0.1) is 0 Å². The van der Waals surface area contributed by atoms with Crippen LogP contribution in [0.25, 0.3) is 0 Å². The fraction of sp³-hybridized carbons (Fsp3) is 0.909. The SMILES string of the molecule is CCC(O)CCNCC(=O)NCC(C)C. The van der Waals surface area contributed by atoms with Crippen LogP contribution in [0.1, 0.15) is 33.6 Å². The summed E-state index contributed by atoms with van der Waals surface area (Å²) < 4.78 is 0. The lowest BCUT2D eigenvalue weighted by Gasteiger charge is -2.10. The average Bonchev–Trinajstić information content (AvgIpc) is 2.21. The summed E-state index contributed by atoms with van der Waals surface area (Å²) in [4.78, 5) is 11.2. The van der Waals surface area contributed by atoms with Gasteiger partial charge in [-0.2, -0.15) is 0 Å². The third-order valence-corrected chi connectivity index (χ3v) is 2.12. The van der Waals surface area contributed by atoms with Crippen molar-refractivity contribution >= 4 is 5.91 Å². The molecule has 1 atom stereocenters. The average molecular weight is 216 g/mol. The van der Waals surface area contributed by atoms with Gasteiger partial charge in [0.05, 0.1) is 12.6 Å². The van der Waals surface area contributed by atoms with Gasteiger partial charge in [0.1, 0.15) is 0 Å². The third-order valence-electron chi connectivity index (χ3n) is 2.12. The van der Waals surface area contributed by atoms with E-state index < -0.39 is 0 Å². The van der Waals surface area contributed by atoms with Gasteiger partial charge in [-0.3, -0.25) is 4.79 Å². The van der Waals surface area contributed by atoms with Gasteiger partial charge in [0, 0.05) is 6.54 Å². The molecular formula is C11H24N2O2. The molecule has 0 aliphatic heterocycles. The minimum atomic E-state index is -0.253. The first kappa shape index (κ1) is 14.4. The molecular weight excluding hydrogens is 192 g/mol. The maximum Gasteiger partial charge on any atom is 0.233 e. The largest absolute Gasteiger partial charge is 0.393 e. The molecule has 3 N–H and O–H groups in total. The molecule has 0 radical (unpaired) electrons. The van der Waals surface area contributed by atoms with Crippen LogP contribution in [0.15, 0.2) is 0 Å². The molecule has 15 heavy (non-hydrogen) atoms. The van der Waals surface area contributed by atoms with E-state index in [1.54, 1.807) is 0 Å². The molecule has 0 aromatic heterocycles. The summed E-state index contributed by atoms with van der Waals surface area (Å²) in [5.41, 5.74) is 0. The van der Waals surface area contributed by atoms with Crippen LogP contribution in [0, 0.1) is 5.92 Å². The number of carbonyl (C=O) groups is 1. The van der Waals surface area contributed by atoms with Crippen LogP contribution in [0.4, 0.5) is 0 Å². The van der Waals surface area contributed by atoms with Gasteiger partial charge in [0.15, 0.2) is 0 Å². The summed E-state index contributed by atoms with van der Waals surface area (Å²) in [5, 5.41) is 15.1. The second-order valence-electron chi connectivity index (χ2n) is 4.23. The summed E-state index contributed by atoms with van der Waals surface area (Å²) in [7, 11) is 0. The molecule has 0 heterocycles. The highest BCUT2D eigenvalue weighted by atomic mass is 16.3. The van der Waals surface area contributed by atoms with E-state index in [1.165, 1.54) is 0 Å². The number of hydrogen-bond donors (Lipinski definition) is 3. The molecule has 0 aliphatic carbocycles. The number of aliphatic hydroxyl groups excluding tert-OH is 1. The first-order chi connectivity index (χ1) is 7.06. The van der Waals surface area contributed by atoms with E-state index in [9.17, 15) is 9.90 Å². The van der Waals surface area contributed by atoms with Crippen LogP contribution in [-0.2, 0) is 4.79 Å². The van der Waals surface area contributed by atoms with Crippen molar-refractivity contribution in [3.63, 3.8) is 0 Å². The summed E-state index contributed by atoms with van der Waals surface area (Å²) in [6.07, 6.45) is 1.21. The fourth-order valence-corrected chi connectivity index (χ4v) is 1.06. The van der Waals surface area contributed by atoms with Crippen molar-refractivity contribution in [3.05, 3.63) is 0 Å². The quantitative estimate of drug-likeness (QED) is 0.518. The first-order valence-electron chi connectivity index (χ1n) is 5.71. The molecule has 0 saturated carbocycles. The summed E-state index contributed by atoms with van der Waals surface area (Å²) in [5.74, 6) is 0.505. The number of amides is 1. The highest BCUT2D eigenvalue weighted by Gasteiger charge is 2.03. The van der Waals surface area contributed by atoms with Crippen molar-refractivity contribution < 1.29 is 9.90 Å². The molecule has 1 unspecified atom stereocenters. The van der Waals surface area contributed by atoms with Gasteiger partial charge in [-0.05, 0) is 25.3 Å². The third kappa shape index (κ3) is 9.69. The van der Waals surface area contributed by atoms with Crippen LogP contribution in [0.5, 0.6) is 0 Å². The van der Waals surface area contributed by atoms with Crippen molar-refractivity contribution in [2.45, 2.75) is 39.7 Å². The van der Waals surface area contributed by atoms with E-state index in [0.29, 0.717) is 25.4 Å². The molecule has 0 rings (SSSR count). The monoisotopic (exact) mass is 216 g/mol. The Balaban J connectivity index is 3.31. The Morgan fingerprint density at radius 1 is 1.40 bits per heavy atom. The molecule has 1 amide bonds. The van der Waals surface area contributed by atoms with Gasteiger partial charge in [-0.1, -0.05) is 20.8 Å². The molecule has 0 aromatic carbocycles. The maximum atomic E-state index is 11.2. The smallest absolute Gasteiger partial charge is 0.233 e. The van der Waals surface area contributed by atoms with Crippen molar-refractivity contribution in [3.8, 4) is 0 Å². The summed E-state index contributed by atoms with van der Waals surface area (Å²) >= 11 is 0. The van der Waals surface area contributed by atoms with Crippen LogP contribution in [0.2, 0.25) is 0 Å². The zero-order valence-corrected chi connectivity index (χ0v) is 10.0. The Kier molecular flexibility index (Phi) is 8.33. The van der Waals surface area contributed by atoms with Gasteiger partial charge in [0.25, 0.3) is 0 Å². The number of hydrogen-bond acceptors (Lipinski definition) is 3. The molecule has 0 fully saturated rings. The fourth-order valence-electron chi connectivity index (χ4n) is 1.06. The Morgan fingerprint density at radius 2 is 2.07 bits per heavy atom. The highest BCUT2D eigenvalue weighted by Crippen LogP contribution is 1.93. The zero-order chi connectivity index (χ0) is 11.7. The van der Waals surface area contributed by atoms with E-state index in [1.807, 2.05) is 6.92 Å².